The highest BCUT2D eigenvalue weighted by Gasteiger charge is 2.20. The van der Waals surface area contributed by atoms with E-state index in [4.69, 9.17) is 4.74 Å². The molecule has 5 heteroatoms. The number of carbonyl (C=O) groups excluding carboxylic acids is 2. The molecule has 0 aliphatic heterocycles. The zero-order valence-electron chi connectivity index (χ0n) is 12.9. The molecular formula is C14H28N2O3. The van der Waals surface area contributed by atoms with E-state index in [0.29, 0.717) is 25.5 Å². The van der Waals surface area contributed by atoms with Gasteiger partial charge in [0.05, 0.1) is 6.61 Å². The van der Waals surface area contributed by atoms with Crippen LogP contribution in [0.5, 0.6) is 0 Å². The fourth-order valence-corrected chi connectivity index (χ4v) is 1.87. The van der Waals surface area contributed by atoms with Gasteiger partial charge in [-0.05, 0) is 26.3 Å². The van der Waals surface area contributed by atoms with Crippen LogP contribution in [0.25, 0.3) is 0 Å². The summed E-state index contributed by atoms with van der Waals surface area (Å²) in [6.07, 6.45) is 0.403. The van der Waals surface area contributed by atoms with Crippen molar-refractivity contribution in [2.24, 2.45) is 5.92 Å². The van der Waals surface area contributed by atoms with Gasteiger partial charge in [0, 0.05) is 19.0 Å². The Balaban J connectivity index is 4.46. The lowest BCUT2D eigenvalue weighted by Crippen LogP contribution is -2.41. The first-order valence-corrected chi connectivity index (χ1v) is 7.07. The van der Waals surface area contributed by atoms with Crippen LogP contribution in [0.4, 0.5) is 0 Å². The van der Waals surface area contributed by atoms with E-state index in [1.807, 2.05) is 27.7 Å². The van der Waals surface area contributed by atoms with Crippen LogP contribution in [0.15, 0.2) is 0 Å². The summed E-state index contributed by atoms with van der Waals surface area (Å²) in [6, 6.07) is 0.120. The third-order valence-corrected chi connectivity index (χ3v) is 2.60. The molecular weight excluding hydrogens is 244 g/mol. The summed E-state index contributed by atoms with van der Waals surface area (Å²) in [5, 5.41) is 3.20. The number of hydrogen-bond donors (Lipinski definition) is 1. The SMILES string of the molecule is CCNC(C)CC(=O)N(CC(=O)OCC)CC(C)C. The molecule has 1 atom stereocenters. The number of amides is 1. The van der Waals surface area contributed by atoms with Crippen LogP contribution in [-0.4, -0.2) is 49.1 Å². The Bertz CT molecular complexity index is 280. The van der Waals surface area contributed by atoms with Gasteiger partial charge in [-0.3, -0.25) is 9.59 Å². The molecule has 0 aliphatic carbocycles. The number of hydrogen-bond acceptors (Lipinski definition) is 4. The first kappa shape index (κ1) is 17.9. The van der Waals surface area contributed by atoms with Gasteiger partial charge in [0.1, 0.15) is 6.54 Å². The summed E-state index contributed by atoms with van der Waals surface area (Å²) in [6.45, 7) is 11.6. The lowest BCUT2D eigenvalue weighted by molar-refractivity contribution is -0.149. The van der Waals surface area contributed by atoms with Crippen LogP contribution in [0.1, 0.15) is 41.0 Å². The average Bonchev–Trinajstić information content (AvgIpc) is 2.27. The highest BCUT2D eigenvalue weighted by atomic mass is 16.5. The molecule has 0 radical (unpaired) electrons. The standard InChI is InChI=1S/C14H28N2O3/c1-6-15-12(5)8-13(17)16(9-11(3)4)10-14(18)19-7-2/h11-12,15H,6-10H2,1-5H3. The number of carbonyl (C=O) groups is 2. The molecule has 0 spiro atoms. The van der Waals surface area contributed by atoms with E-state index in [1.165, 1.54) is 0 Å². The van der Waals surface area contributed by atoms with E-state index in [2.05, 4.69) is 5.32 Å². The summed E-state index contributed by atoms with van der Waals surface area (Å²) >= 11 is 0. The molecule has 0 bridgehead atoms. The largest absolute Gasteiger partial charge is 0.465 e. The summed E-state index contributed by atoms with van der Waals surface area (Å²) < 4.78 is 4.91. The Morgan fingerprint density at radius 2 is 1.84 bits per heavy atom. The second-order valence-corrected chi connectivity index (χ2v) is 5.14. The van der Waals surface area contributed by atoms with E-state index in [-0.39, 0.29) is 24.5 Å². The van der Waals surface area contributed by atoms with Crippen molar-refractivity contribution >= 4 is 11.9 Å². The Labute approximate surface area is 116 Å². The maximum atomic E-state index is 12.2. The molecule has 0 saturated heterocycles. The smallest absolute Gasteiger partial charge is 0.325 e. The van der Waals surface area contributed by atoms with Gasteiger partial charge in [-0.25, -0.2) is 0 Å². The quantitative estimate of drug-likeness (QED) is 0.645. The highest BCUT2D eigenvalue weighted by molar-refractivity contribution is 5.82. The summed E-state index contributed by atoms with van der Waals surface area (Å²) in [5.74, 6) is -0.0179. The minimum atomic E-state index is -0.340. The molecule has 0 heterocycles. The van der Waals surface area contributed by atoms with E-state index < -0.39 is 0 Å². The second kappa shape index (κ2) is 9.78. The van der Waals surface area contributed by atoms with E-state index in [0.717, 1.165) is 6.54 Å². The molecule has 0 saturated carbocycles. The third-order valence-electron chi connectivity index (χ3n) is 2.60. The molecule has 0 aromatic carbocycles. The van der Waals surface area contributed by atoms with Crippen LogP contribution in [0.3, 0.4) is 0 Å². The first-order chi connectivity index (χ1) is 8.90. The monoisotopic (exact) mass is 272 g/mol. The molecule has 19 heavy (non-hydrogen) atoms. The maximum absolute atomic E-state index is 12.2. The van der Waals surface area contributed by atoms with Crippen molar-refractivity contribution in [2.75, 3.05) is 26.2 Å². The first-order valence-electron chi connectivity index (χ1n) is 7.07. The normalized spacial score (nSPS) is 12.3. The number of rotatable bonds is 9. The zero-order valence-corrected chi connectivity index (χ0v) is 12.9. The van der Waals surface area contributed by atoms with Gasteiger partial charge in [-0.2, -0.15) is 0 Å². The van der Waals surface area contributed by atoms with Crippen molar-refractivity contribution in [3.05, 3.63) is 0 Å². The number of esters is 1. The van der Waals surface area contributed by atoms with Crippen molar-refractivity contribution in [1.82, 2.24) is 10.2 Å². The van der Waals surface area contributed by atoms with Crippen molar-refractivity contribution < 1.29 is 14.3 Å². The van der Waals surface area contributed by atoms with Crippen molar-refractivity contribution in [1.29, 1.82) is 0 Å². The molecule has 112 valence electrons. The topological polar surface area (TPSA) is 58.6 Å². The molecule has 0 aromatic heterocycles. The summed E-state index contributed by atoms with van der Waals surface area (Å²) in [5.41, 5.74) is 0. The number of nitrogens with zero attached hydrogens (tertiary/aromatic N) is 1. The lowest BCUT2D eigenvalue weighted by atomic mass is 10.1. The van der Waals surface area contributed by atoms with Crippen molar-refractivity contribution in [3.63, 3.8) is 0 Å². The van der Waals surface area contributed by atoms with Crippen LogP contribution in [0, 0.1) is 5.92 Å². The average molecular weight is 272 g/mol. The predicted molar refractivity (Wildman–Crippen MR) is 75.8 cm³/mol. The van der Waals surface area contributed by atoms with Crippen molar-refractivity contribution in [2.45, 2.75) is 47.1 Å². The third kappa shape index (κ3) is 8.59. The molecule has 1 amide bonds. The van der Waals surface area contributed by atoms with E-state index >= 15 is 0 Å². The zero-order chi connectivity index (χ0) is 14.8. The minimum Gasteiger partial charge on any atom is -0.465 e. The van der Waals surface area contributed by atoms with Gasteiger partial charge in [-0.15, -0.1) is 0 Å². The van der Waals surface area contributed by atoms with Crippen LogP contribution < -0.4 is 5.32 Å². The van der Waals surface area contributed by atoms with Crippen LogP contribution >= 0.6 is 0 Å². The molecule has 0 aromatic rings. The van der Waals surface area contributed by atoms with Gasteiger partial charge in [0.15, 0.2) is 0 Å². The van der Waals surface area contributed by atoms with Gasteiger partial charge < -0.3 is 15.0 Å². The number of ether oxygens (including phenoxy) is 1. The van der Waals surface area contributed by atoms with Gasteiger partial charge >= 0.3 is 5.97 Å². The molecule has 1 unspecified atom stereocenters. The molecule has 0 rings (SSSR count). The molecule has 0 aliphatic rings. The molecule has 1 N–H and O–H groups in total. The fraction of sp³-hybridized carbons (Fsp3) is 0.857. The van der Waals surface area contributed by atoms with Gasteiger partial charge in [0.2, 0.25) is 5.91 Å². The minimum absolute atomic E-state index is 0.00444. The van der Waals surface area contributed by atoms with Gasteiger partial charge in [0.25, 0.3) is 0 Å². The Morgan fingerprint density at radius 3 is 2.32 bits per heavy atom. The Kier molecular flexibility index (Phi) is 9.21. The lowest BCUT2D eigenvalue weighted by Gasteiger charge is -2.25. The van der Waals surface area contributed by atoms with E-state index in [1.54, 1.807) is 11.8 Å². The van der Waals surface area contributed by atoms with Crippen LogP contribution in [-0.2, 0) is 14.3 Å². The van der Waals surface area contributed by atoms with Crippen LogP contribution in [0.2, 0.25) is 0 Å². The van der Waals surface area contributed by atoms with Crippen molar-refractivity contribution in [3.8, 4) is 0 Å². The highest BCUT2D eigenvalue weighted by Crippen LogP contribution is 2.04. The fourth-order valence-electron chi connectivity index (χ4n) is 1.87. The summed E-state index contributed by atoms with van der Waals surface area (Å²) in [4.78, 5) is 25.3. The second-order valence-electron chi connectivity index (χ2n) is 5.14. The molecule has 0 fully saturated rings. The van der Waals surface area contributed by atoms with Gasteiger partial charge in [-0.1, -0.05) is 20.8 Å². The Hall–Kier alpha value is -1.10. The summed E-state index contributed by atoms with van der Waals surface area (Å²) in [7, 11) is 0. The maximum Gasteiger partial charge on any atom is 0.325 e. The van der Waals surface area contributed by atoms with E-state index in [9.17, 15) is 9.59 Å². The molecule has 5 nitrogen and oxygen atoms in total. The Morgan fingerprint density at radius 1 is 1.21 bits per heavy atom. The predicted octanol–water partition coefficient (Wildman–Crippen LogP) is 1.42. The number of nitrogens with one attached hydrogen (secondary N) is 1.